The van der Waals surface area contributed by atoms with Crippen molar-refractivity contribution in [2.75, 3.05) is 6.58 Å². The van der Waals surface area contributed by atoms with E-state index in [9.17, 15) is 0 Å². The van der Waals surface area contributed by atoms with Crippen LogP contribution < -0.4 is 0 Å². The lowest BCUT2D eigenvalue weighted by Crippen LogP contribution is -2.07. The zero-order valence-corrected chi connectivity index (χ0v) is 7.01. The fraction of sp³-hybridized carbons (Fsp3) is 0.600. The quantitative estimate of drug-likeness (QED) is 0.603. The van der Waals surface area contributed by atoms with Crippen LogP contribution in [0.4, 0.5) is 0 Å². The van der Waals surface area contributed by atoms with Crippen LogP contribution in [0.25, 0.3) is 0 Å². The first-order chi connectivity index (χ1) is 5.61. The lowest BCUT2D eigenvalue weighted by Gasteiger charge is -2.20. The average molecular weight is 153 g/mol. The maximum atomic E-state index is 8.98. The highest BCUT2D eigenvalue weighted by Crippen LogP contribution is 2.27. The van der Waals surface area contributed by atoms with E-state index < -0.39 is 6.58 Å². The number of hydrogen-bond donors (Lipinski definition) is 1. The van der Waals surface area contributed by atoms with E-state index >= 15 is 0 Å². The van der Waals surface area contributed by atoms with Gasteiger partial charge in [-0.05, 0) is 37.7 Å². The van der Waals surface area contributed by atoms with Crippen LogP contribution in [0.3, 0.4) is 0 Å². The van der Waals surface area contributed by atoms with Crippen molar-refractivity contribution >= 4 is 0 Å². The Bertz CT molecular complexity index is 206. The molecule has 0 saturated heterocycles. The van der Waals surface area contributed by atoms with Gasteiger partial charge in [-0.15, -0.1) is 0 Å². The first-order valence-electron chi connectivity index (χ1n) is 4.63. The summed E-state index contributed by atoms with van der Waals surface area (Å²) in [5, 5.41) is 8.98. The molecule has 0 heterocycles. The Morgan fingerprint density at radius 3 is 3.09 bits per heavy atom. The molecule has 0 radical (unpaired) electrons. The molecule has 11 heavy (non-hydrogen) atoms. The van der Waals surface area contributed by atoms with Crippen molar-refractivity contribution in [2.45, 2.75) is 26.2 Å². The Morgan fingerprint density at radius 2 is 2.73 bits per heavy atom. The maximum Gasteiger partial charge on any atom is 0.0641 e. The molecule has 0 saturated carbocycles. The molecule has 1 N–H and O–H groups in total. The Kier molecular flexibility index (Phi) is 2.41. The third-order valence-corrected chi connectivity index (χ3v) is 2.31. The van der Waals surface area contributed by atoms with Gasteiger partial charge in [0.25, 0.3) is 0 Å². The molecule has 1 rings (SSSR count). The fourth-order valence-electron chi connectivity index (χ4n) is 1.42. The van der Waals surface area contributed by atoms with Crippen LogP contribution in [-0.2, 0) is 0 Å². The van der Waals surface area contributed by atoms with Crippen molar-refractivity contribution in [2.24, 2.45) is 5.92 Å². The van der Waals surface area contributed by atoms with Gasteiger partial charge in [0.2, 0.25) is 0 Å². The highest BCUT2D eigenvalue weighted by atomic mass is 16.3. The molecule has 0 spiro atoms. The van der Waals surface area contributed by atoms with Crippen molar-refractivity contribution < 1.29 is 6.48 Å². The second kappa shape index (κ2) is 3.72. The summed E-state index contributed by atoms with van der Waals surface area (Å²) in [4.78, 5) is 0. The molecule has 1 heteroatoms. The van der Waals surface area contributed by atoms with E-state index in [0.29, 0.717) is 5.92 Å². The normalized spacial score (nSPS) is 28.7. The molecule has 0 aromatic heterocycles. The molecule has 1 aliphatic carbocycles. The molecule has 0 aromatic rings. The van der Waals surface area contributed by atoms with Gasteiger partial charge in [0, 0.05) is 0 Å². The first kappa shape index (κ1) is 7.11. The van der Waals surface area contributed by atoms with Gasteiger partial charge in [0.05, 0.1) is 7.95 Å². The topological polar surface area (TPSA) is 20.2 Å². The van der Waals surface area contributed by atoms with E-state index in [4.69, 9.17) is 6.48 Å². The average Bonchev–Trinajstić information content (AvgIpc) is 2.04. The Balaban J connectivity index is 2.53. The van der Waals surface area contributed by atoms with Gasteiger partial charge in [-0.25, -0.2) is 0 Å². The van der Waals surface area contributed by atoms with Gasteiger partial charge >= 0.3 is 0 Å². The minimum Gasteiger partial charge on any atom is -0.392 e. The van der Waals surface area contributed by atoms with Gasteiger partial charge in [0.15, 0.2) is 0 Å². The van der Waals surface area contributed by atoms with Crippen molar-refractivity contribution in [3.05, 3.63) is 23.8 Å². The summed E-state index contributed by atoms with van der Waals surface area (Å²) < 4.78 is 7.11. The molecule has 0 aromatic carbocycles. The van der Waals surface area contributed by atoms with Gasteiger partial charge in [-0.1, -0.05) is 18.2 Å². The Morgan fingerprint density at radius 1 is 2.00 bits per heavy atom. The van der Waals surface area contributed by atoms with Gasteiger partial charge in [-0.2, -0.15) is 0 Å². The molecular formula is C10H16O. The number of aliphatic hydroxyl groups excluding tert-OH is 1. The van der Waals surface area contributed by atoms with E-state index in [1.807, 2.05) is 13.0 Å². The third kappa shape index (κ3) is 2.19. The minimum absolute atomic E-state index is 0.562. The molecule has 1 aliphatic rings. The summed E-state index contributed by atoms with van der Waals surface area (Å²) in [7, 11) is 0. The lowest BCUT2D eigenvalue weighted by atomic mass is 9.86. The van der Waals surface area contributed by atoms with Crippen LogP contribution >= 0.6 is 0 Å². The predicted octanol–water partition coefficient (Wildman–Crippen LogP) is 2.28. The summed E-state index contributed by atoms with van der Waals surface area (Å²) >= 11 is 0. The van der Waals surface area contributed by atoms with E-state index in [2.05, 4.69) is 6.58 Å². The maximum absolute atomic E-state index is 8.98. The molecule has 0 amide bonds. The minimum atomic E-state index is -1.00. The molecule has 0 bridgehead atoms. The summed E-state index contributed by atoms with van der Waals surface area (Å²) in [5.41, 5.74) is 2.08. The number of allylic oxidation sites excluding steroid dienone is 2. The highest BCUT2D eigenvalue weighted by molar-refractivity contribution is 5.11. The fourth-order valence-corrected chi connectivity index (χ4v) is 1.42. The van der Waals surface area contributed by atoms with Crippen molar-refractivity contribution in [3.8, 4) is 0 Å². The van der Waals surface area contributed by atoms with Crippen LogP contribution in [0.1, 0.15) is 27.6 Å². The Labute approximate surface area is 69.8 Å². The van der Waals surface area contributed by atoms with E-state index in [1.54, 1.807) is 0 Å². The largest absolute Gasteiger partial charge is 0.392 e. The summed E-state index contributed by atoms with van der Waals surface area (Å²) in [6.07, 6.45) is 4.82. The first-order valence-corrected chi connectivity index (χ1v) is 4.06. The second-order valence-electron chi connectivity index (χ2n) is 3.23. The zero-order chi connectivity index (χ0) is 9.14. The predicted molar refractivity (Wildman–Crippen MR) is 47.3 cm³/mol. The van der Waals surface area contributed by atoms with E-state index in [-0.39, 0.29) is 0 Å². The molecule has 0 fully saturated rings. The number of hydrogen-bond acceptors (Lipinski definition) is 1. The van der Waals surface area contributed by atoms with Crippen LogP contribution in [-0.4, -0.2) is 11.7 Å². The molecule has 1 nitrogen and oxygen atoms in total. The van der Waals surface area contributed by atoms with Gasteiger partial charge < -0.3 is 5.11 Å². The van der Waals surface area contributed by atoms with Gasteiger partial charge in [0.1, 0.15) is 0 Å². The monoisotopic (exact) mass is 153 g/mol. The van der Waals surface area contributed by atoms with Crippen LogP contribution in [0.15, 0.2) is 23.8 Å². The summed E-state index contributed by atoms with van der Waals surface area (Å²) in [6, 6.07) is 0. The summed E-state index contributed by atoms with van der Waals surface area (Å²) in [6.45, 7) is 4.95. The smallest absolute Gasteiger partial charge is 0.0641 e. The SMILES string of the molecule is [2H]C(O)C1=CC[C@@H](C(=C)C)CC1. The number of aliphatic hydroxyl groups is 1. The van der Waals surface area contributed by atoms with Crippen LogP contribution in [0.5, 0.6) is 0 Å². The molecular weight excluding hydrogens is 136 g/mol. The van der Waals surface area contributed by atoms with E-state index in [1.165, 1.54) is 5.57 Å². The zero-order valence-electron chi connectivity index (χ0n) is 8.01. The van der Waals surface area contributed by atoms with Crippen LogP contribution in [0, 0.1) is 5.92 Å². The Hall–Kier alpha value is -0.560. The lowest BCUT2D eigenvalue weighted by molar-refractivity contribution is 0.319. The molecule has 62 valence electrons. The molecule has 2 atom stereocenters. The third-order valence-electron chi connectivity index (χ3n) is 2.31. The van der Waals surface area contributed by atoms with Crippen molar-refractivity contribution in [3.63, 3.8) is 0 Å². The number of rotatable bonds is 2. The second-order valence-corrected chi connectivity index (χ2v) is 3.23. The molecule has 0 aliphatic heterocycles. The van der Waals surface area contributed by atoms with Crippen molar-refractivity contribution in [1.29, 1.82) is 0 Å². The summed E-state index contributed by atoms with van der Waals surface area (Å²) in [5.74, 6) is 0.562. The standard InChI is InChI=1S/C10H16O/c1-8(2)10-5-3-9(7-11)4-6-10/h3,10-11H,1,4-7H2,2H3/t10-/m1/s1/i7D/t7?,10-. The molecule has 1 unspecified atom stereocenters. The van der Waals surface area contributed by atoms with E-state index in [0.717, 1.165) is 24.8 Å². The van der Waals surface area contributed by atoms with Crippen LogP contribution in [0.2, 0.25) is 0 Å². The highest BCUT2D eigenvalue weighted by Gasteiger charge is 2.13. The van der Waals surface area contributed by atoms with Gasteiger partial charge in [-0.3, -0.25) is 0 Å². The van der Waals surface area contributed by atoms with Crippen molar-refractivity contribution in [1.82, 2.24) is 0 Å².